The number of nitrogens with zero attached hydrogens (tertiary/aromatic N) is 1. The quantitative estimate of drug-likeness (QED) is 0.225. The van der Waals surface area contributed by atoms with Crippen molar-refractivity contribution in [2.75, 3.05) is 13.2 Å². The Labute approximate surface area is 167 Å². The molecular weight excluding hydrogens is 481 g/mol. The van der Waals surface area contributed by atoms with Gasteiger partial charge in [-0.25, -0.2) is 13.9 Å². The molecule has 1 aromatic heterocycles. The summed E-state index contributed by atoms with van der Waals surface area (Å²) >= 11 is 4.33. The van der Waals surface area contributed by atoms with Gasteiger partial charge < -0.3 is 14.4 Å². The minimum atomic E-state index is -5.38. The second-order valence-electron chi connectivity index (χ2n) is 5.92. The monoisotopic (exact) mass is 495 g/mol. The van der Waals surface area contributed by atoms with Crippen molar-refractivity contribution in [2.45, 2.75) is 23.2 Å². The average molecular weight is 495 g/mol. The van der Waals surface area contributed by atoms with E-state index in [-0.39, 0.29) is 6.61 Å². The summed E-state index contributed by atoms with van der Waals surface area (Å²) in [6.07, 6.45) is -0.681. The van der Waals surface area contributed by atoms with Crippen LogP contribution in [0.2, 0.25) is 0 Å². The molecule has 2 aliphatic rings. The van der Waals surface area contributed by atoms with Crippen molar-refractivity contribution in [1.29, 1.82) is 0 Å². The number of hydrogen-bond donors (Lipinski definition) is 5. The van der Waals surface area contributed by atoms with Crippen molar-refractivity contribution in [3.63, 3.8) is 0 Å². The van der Waals surface area contributed by atoms with Crippen LogP contribution in [0.5, 0.6) is 0 Å². The first-order valence-electron chi connectivity index (χ1n) is 7.50. The summed E-state index contributed by atoms with van der Waals surface area (Å²) in [6, 6.07) is 1.08. The van der Waals surface area contributed by atoms with Gasteiger partial charge in [0.25, 0.3) is 5.56 Å². The number of rotatable bonds is 8. The van der Waals surface area contributed by atoms with E-state index in [0.717, 1.165) is 10.6 Å². The molecule has 15 nitrogen and oxygen atoms in total. The minimum absolute atomic E-state index is 0.170. The maximum atomic E-state index is 12.0. The number of ether oxygens (including phenoxy) is 2. The van der Waals surface area contributed by atoms with E-state index in [9.17, 15) is 28.2 Å². The third-order valence-electron chi connectivity index (χ3n) is 3.98. The molecule has 2 saturated heterocycles. The van der Waals surface area contributed by atoms with Crippen LogP contribution in [0.4, 0.5) is 0 Å². The topological polar surface area (TPSA) is 213 Å². The molecule has 0 saturated carbocycles. The molecule has 0 aliphatic carbocycles. The van der Waals surface area contributed by atoms with Gasteiger partial charge in [0, 0.05) is 16.8 Å². The molecule has 4 N–H and O–H groups in total. The lowest BCUT2D eigenvalue weighted by Gasteiger charge is -2.31. The van der Waals surface area contributed by atoms with E-state index in [2.05, 4.69) is 25.8 Å². The summed E-state index contributed by atoms with van der Waals surface area (Å²) in [6.45, 7) is -0.901. The fourth-order valence-electron chi connectivity index (χ4n) is 2.81. The van der Waals surface area contributed by atoms with Gasteiger partial charge in [-0.1, -0.05) is 0 Å². The summed E-state index contributed by atoms with van der Waals surface area (Å²) in [5.41, 5.74) is -2.88. The summed E-state index contributed by atoms with van der Waals surface area (Å²) in [5, 5.41) is -0.768. The molecule has 19 heteroatoms. The first kappa shape index (κ1) is 22.9. The number of H-pyrrole nitrogens is 1. The lowest BCUT2D eigenvalue weighted by molar-refractivity contribution is -0.183. The van der Waals surface area contributed by atoms with Gasteiger partial charge in [0.05, 0.1) is 18.5 Å². The van der Waals surface area contributed by atoms with Crippen molar-refractivity contribution >= 4 is 36.5 Å². The van der Waals surface area contributed by atoms with Crippen LogP contribution < -0.4 is 11.2 Å². The summed E-state index contributed by atoms with van der Waals surface area (Å²) in [4.78, 5) is 52.4. The first-order valence-corrected chi connectivity index (χ1v) is 12.1. The van der Waals surface area contributed by atoms with E-state index >= 15 is 0 Å². The Bertz CT molecular complexity index is 1030. The zero-order valence-electron chi connectivity index (χ0n) is 14.0. The smallest absolute Gasteiger partial charge is 0.369 e. The molecule has 3 unspecified atom stereocenters. The summed E-state index contributed by atoms with van der Waals surface area (Å²) in [5.74, 6) is 0. The van der Waals surface area contributed by atoms with E-state index in [1.54, 1.807) is 0 Å². The van der Waals surface area contributed by atoms with Gasteiger partial charge in [-0.05, 0) is 4.31 Å². The van der Waals surface area contributed by atoms with E-state index in [4.69, 9.17) is 19.3 Å². The summed E-state index contributed by atoms with van der Waals surface area (Å²) in [7, 11) is -14.2. The predicted molar refractivity (Wildman–Crippen MR) is 94.3 cm³/mol. The maximum absolute atomic E-state index is 12.0. The van der Waals surface area contributed by atoms with Crippen LogP contribution in [0, 0.1) is 0 Å². The minimum Gasteiger partial charge on any atom is -0.369 e. The number of phosphoric ester groups is 1. The van der Waals surface area contributed by atoms with Crippen LogP contribution in [-0.2, 0) is 36.3 Å². The predicted octanol–water partition coefficient (Wildman–Crippen LogP) is -0.598. The first-order chi connectivity index (χ1) is 13.3. The van der Waals surface area contributed by atoms with Gasteiger partial charge >= 0.3 is 29.6 Å². The third-order valence-corrected chi connectivity index (χ3v) is 8.24. The van der Waals surface area contributed by atoms with E-state index in [1.165, 1.54) is 6.20 Å². The number of fused-ring (bicyclic) bond motifs is 2. The second kappa shape index (κ2) is 8.08. The SMILES string of the molecule is O=c1ccn([C@@H]2O[C@@]3(COP(=O)(O)OP(=O)(O)O[P+](=O)O)CO[C@@H]2[C@@H]3S)c(=O)[nH]1. The number of phosphoric acid groups is 2. The van der Waals surface area contributed by atoms with Crippen LogP contribution in [-0.4, -0.2) is 54.4 Å². The third kappa shape index (κ3) is 4.96. The Morgan fingerprint density at radius 2 is 2.07 bits per heavy atom. The molecule has 0 aromatic carbocycles. The highest BCUT2D eigenvalue weighted by atomic mass is 32.1. The van der Waals surface area contributed by atoms with Gasteiger partial charge in [-0.2, -0.15) is 16.9 Å². The highest BCUT2D eigenvalue weighted by Crippen LogP contribution is 2.64. The van der Waals surface area contributed by atoms with Gasteiger partial charge in [0.2, 0.25) is 0 Å². The molecule has 2 aliphatic heterocycles. The molecule has 2 fully saturated rings. The average Bonchev–Trinajstić information content (AvgIpc) is 3.01. The Balaban J connectivity index is 1.73. The lowest BCUT2D eigenvalue weighted by atomic mass is 10.0. The number of thiol groups is 1. The molecule has 29 heavy (non-hydrogen) atoms. The van der Waals surface area contributed by atoms with Crippen molar-refractivity contribution in [3.8, 4) is 0 Å². The van der Waals surface area contributed by atoms with Gasteiger partial charge in [-0.15, -0.1) is 4.89 Å². The van der Waals surface area contributed by atoms with Crippen LogP contribution >= 0.6 is 36.5 Å². The molecule has 0 amide bonds. The van der Waals surface area contributed by atoms with E-state index in [1.807, 2.05) is 4.98 Å². The van der Waals surface area contributed by atoms with E-state index < -0.39 is 64.9 Å². The maximum Gasteiger partial charge on any atom is 0.705 e. The fourth-order valence-corrected chi connectivity index (χ4v) is 5.96. The molecule has 3 heterocycles. The molecule has 2 bridgehead atoms. The number of hydrogen-bond acceptors (Lipinski definition) is 11. The Hall–Kier alpha value is -0.730. The van der Waals surface area contributed by atoms with Crippen LogP contribution in [0.3, 0.4) is 0 Å². The normalized spacial score (nSPS) is 33.2. The Morgan fingerprint density at radius 1 is 1.38 bits per heavy atom. The zero-order valence-corrected chi connectivity index (χ0v) is 17.5. The van der Waals surface area contributed by atoms with Gasteiger partial charge in [0.15, 0.2) is 6.23 Å². The largest absolute Gasteiger partial charge is 0.705 e. The highest BCUT2D eigenvalue weighted by Gasteiger charge is 2.62. The highest BCUT2D eigenvalue weighted by molar-refractivity contribution is 7.81. The van der Waals surface area contributed by atoms with Crippen molar-refractivity contribution in [1.82, 2.24) is 9.55 Å². The number of aromatic nitrogens is 2. The van der Waals surface area contributed by atoms with Crippen molar-refractivity contribution in [2.24, 2.45) is 0 Å². The van der Waals surface area contributed by atoms with Gasteiger partial charge in [0.1, 0.15) is 11.7 Å². The number of nitrogens with one attached hydrogen (secondary N) is 1. The molecule has 0 spiro atoms. The fraction of sp³-hybridized carbons (Fsp3) is 0.600. The van der Waals surface area contributed by atoms with Crippen molar-refractivity contribution < 1.29 is 51.0 Å². The van der Waals surface area contributed by atoms with E-state index in [0.29, 0.717) is 0 Å². The standard InChI is InChI=1S/C10H13N2O13P3S/c13-5-1-2-12(9(14)11-5)8-6-7(29)10(23-8,3-21-6)4-22-27(17,18)25-28(19,20)24-26(15)16/h1-2,6-8H,3-4H2,(H4-,11,13,14,15,16,17,18,19,20,29)/p+1/t6-,7+,8-,10-/m1/s1. The van der Waals surface area contributed by atoms with Crippen LogP contribution in [0.15, 0.2) is 21.9 Å². The summed E-state index contributed by atoms with van der Waals surface area (Å²) < 4.78 is 58.1. The lowest BCUT2D eigenvalue weighted by Crippen LogP contribution is -2.44. The molecule has 0 radical (unpaired) electrons. The zero-order chi connectivity index (χ0) is 21.6. The Kier molecular flexibility index (Phi) is 6.39. The Morgan fingerprint density at radius 3 is 2.69 bits per heavy atom. The van der Waals surface area contributed by atoms with Crippen LogP contribution in [0.1, 0.15) is 6.23 Å². The number of aromatic amines is 1. The molecule has 3 rings (SSSR count). The van der Waals surface area contributed by atoms with Gasteiger partial charge in [-0.3, -0.25) is 23.8 Å². The van der Waals surface area contributed by atoms with Crippen molar-refractivity contribution in [3.05, 3.63) is 33.1 Å². The molecular formula is C10H14N2O13P3S+. The second-order valence-corrected chi connectivity index (χ2v) is 10.4. The van der Waals surface area contributed by atoms with Crippen LogP contribution in [0.25, 0.3) is 0 Å². The molecule has 7 atom stereocenters. The molecule has 1 aromatic rings. The molecule has 162 valence electrons.